The van der Waals surface area contributed by atoms with Gasteiger partial charge in [-0.2, -0.15) is 0 Å². The highest BCUT2D eigenvalue weighted by atomic mass is 16.2. The van der Waals surface area contributed by atoms with E-state index in [1.54, 1.807) is 0 Å². The Morgan fingerprint density at radius 3 is 2.47 bits per heavy atom. The molecular weight excluding hydrogens is 448 g/mol. The summed E-state index contributed by atoms with van der Waals surface area (Å²) in [4.78, 5) is 26.3. The largest absolute Gasteiger partial charge is 0.369 e. The second-order valence-corrected chi connectivity index (χ2v) is 9.74. The molecule has 2 aliphatic rings. The van der Waals surface area contributed by atoms with Crippen LogP contribution in [0.3, 0.4) is 0 Å². The van der Waals surface area contributed by atoms with Crippen LogP contribution in [-0.4, -0.2) is 54.0 Å². The van der Waals surface area contributed by atoms with E-state index in [1.165, 1.54) is 5.69 Å². The molecule has 1 aromatic heterocycles. The molecule has 1 saturated heterocycles. The minimum absolute atomic E-state index is 0.119. The number of rotatable bonds is 6. The minimum Gasteiger partial charge on any atom is -0.369 e. The zero-order chi connectivity index (χ0) is 24.5. The summed E-state index contributed by atoms with van der Waals surface area (Å²) in [6.45, 7) is 4.20. The smallest absolute Gasteiger partial charge is 0.227 e. The van der Waals surface area contributed by atoms with Gasteiger partial charge in [0, 0.05) is 66.3 Å². The molecule has 3 aromatic carbocycles. The van der Waals surface area contributed by atoms with E-state index < -0.39 is 0 Å². The number of benzene rings is 3. The average Bonchev–Trinajstić information content (AvgIpc) is 3.75. The van der Waals surface area contributed by atoms with Gasteiger partial charge in [0.1, 0.15) is 0 Å². The Morgan fingerprint density at radius 1 is 0.917 bits per heavy atom. The monoisotopic (exact) mass is 478 g/mol. The molecule has 0 unspecified atom stereocenters. The number of hydrogen-bond acceptors (Lipinski definition) is 6. The Kier molecular flexibility index (Phi) is 5.99. The maximum absolute atomic E-state index is 12.1. The number of nitrogens with zero attached hydrogens (tertiary/aromatic N) is 4. The van der Waals surface area contributed by atoms with E-state index >= 15 is 0 Å². The minimum atomic E-state index is 0.119. The fourth-order valence-corrected chi connectivity index (χ4v) is 4.65. The molecule has 36 heavy (non-hydrogen) atoms. The van der Waals surface area contributed by atoms with Crippen LogP contribution in [0.5, 0.6) is 0 Å². The summed E-state index contributed by atoms with van der Waals surface area (Å²) >= 11 is 0. The summed E-state index contributed by atoms with van der Waals surface area (Å²) in [5.74, 6) is 0.875. The highest BCUT2D eigenvalue weighted by Crippen LogP contribution is 2.32. The molecule has 0 spiro atoms. The molecule has 1 amide bonds. The van der Waals surface area contributed by atoms with Crippen molar-refractivity contribution in [3.63, 3.8) is 0 Å². The zero-order valence-electron chi connectivity index (χ0n) is 20.4. The van der Waals surface area contributed by atoms with Crippen molar-refractivity contribution < 1.29 is 4.79 Å². The fraction of sp³-hybridized carbons (Fsp3) is 0.276. The van der Waals surface area contributed by atoms with Crippen molar-refractivity contribution in [2.75, 3.05) is 48.8 Å². The number of amides is 1. The van der Waals surface area contributed by atoms with E-state index in [1.807, 2.05) is 48.7 Å². The lowest BCUT2D eigenvalue weighted by atomic mass is 10.0. The molecule has 7 heteroatoms. The van der Waals surface area contributed by atoms with Crippen LogP contribution in [0.2, 0.25) is 0 Å². The van der Waals surface area contributed by atoms with Crippen molar-refractivity contribution in [2.24, 2.45) is 5.92 Å². The van der Waals surface area contributed by atoms with Crippen molar-refractivity contribution in [1.29, 1.82) is 0 Å². The van der Waals surface area contributed by atoms with Crippen molar-refractivity contribution in [3.8, 4) is 11.1 Å². The third kappa shape index (κ3) is 4.88. The summed E-state index contributed by atoms with van der Waals surface area (Å²) in [6, 6.07) is 22.6. The molecule has 1 aliphatic carbocycles. The van der Waals surface area contributed by atoms with Gasteiger partial charge in [0.25, 0.3) is 0 Å². The Bertz CT molecular complexity index is 1390. The number of nitrogens with one attached hydrogen (secondary N) is 2. The SMILES string of the molecule is CN1CCN(c2cccc(Nc3ncc4cccc(-c5ccc(NC(=O)C6CC6)cc5)c4n3)c2)CC1. The molecule has 6 rings (SSSR count). The first-order valence-electron chi connectivity index (χ1n) is 12.6. The fourth-order valence-electron chi connectivity index (χ4n) is 4.65. The van der Waals surface area contributed by atoms with Gasteiger partial charge in [-0.25, -0.2) is 9.97 Å². The van der Waals surface area contributed by atoms with Crippen LogP contribution in [0.1, 0.15) is 12.8 Å². The van der Waals surface area contributed by atoms with Gasteiger partial charge >= 0.3 is 0 Å². The van der Waals surface area contributed by atoms with E-state index in [9.17, 15) is 4.79 Å². The number of likely N-dealkylation sites (N-methyl/N-ethyl adjacent to an activating group) is 1. The lowest BCUT2D eigenvalue weighted by Crippen LogP contribution is -2.44. The van der Waals surface area contributed by atoms with Gasteiger partial charge in [-0.15, -0.1) is 0 Å². The maximum atomic E-state index is 12.1. The van der Waals surface area contributed by atoms with Crippen molar-refractivity contribution >= 4 is 39.8 Å². The molecule has 2 fully saturated rings. The zero-order valence-corrected chi connectivity index (χ0v) is 20.4. The highest BCUT2D eigenvalue weighted by Gasteiger charge is 2.29. The summed E-state index contributed by atoms with van der Waals surface area (Å²) in [5, 5.41) is 7.39. The summed E-state index contributed by atoms with van der Waals surface area (Å²) in [5.41, 5.74) is 5.98. The number of anilines is 4. The topological polar surface area (TPSA) is 73.4 Å². The Morgan fingerprint density at radius 2 is 1.69 bits per heavy atom. The summed E-state index contributed by atoms with van der Waals surface area (Å²) in [7, 11) is 2.17. The number of piperazine rings is 1. The van der Waals surface area contributed by atoms with E-state index in [0.717, 1.165) is 72.4 Å². The van der Waals surface area contributed by atoms with Gasteiger partial charge in [0.15, 0.2) is 0 Å². The number of carbonyl (C=O) groups is 1. The highest BCUT2D eigenvalue weighted by molar-refractivity contribution is 5.96. The van der Waals surface area contributed by atoms with Crippen LogP contribution in [-0.2, 0) is 4.79 Å². The molecule has 4 aromatic rings. The molecule has 0 atom stereocenters. The van der Waals surface area contributed by atoms with Crippen LogP contribution >= 0.6 is 0 Å². The van der Waals surface area contributed by atoms with Gasteiger partial charge in [-0.1, -0.05) is 36.4 Å². The molecule has 7 nitrogen and oxygen atoms in total. The van der Waals surface area contributed by atoms with Crippen LogP contribution in [0.4, 0.5) is 23.0 Å². The second kappa shape index (κ2) is 9.59. The third-order valence-corrected chi connectivity index (χ3v) is 6.99. The van der Waals surface area contributed by atoms with E-state index in [4.69, 9.17) is 4.98 Å². The standard InChI is InChI=1S/C29H30N6O/c1-34-14-16-35(17-15-34)25-6-3-5-24(18-25)32-29-30-19-22-4-2-7-26(27(22)33-29)20-10-12-23(13-11-20)31-28(36)21-8-9-21/h2-7,10-13,18-19,21H,8-9,14-17H2,1H3,(H,31,36)(H,30,32,33). The number of fused-ring (bicyclic) bond motifs is 1. The van der Waals surface area contributed by atoms with E-state index in [0.29, 0.717) is 5.95 Å². The maximum Gasteiger partial charge on any atom is 0.227 e. The van der Waals surface area contributed by atoms with Crippen molar-refractivity contribution in [3.05, 3.63) is 72.9 Å². The van der Waals surface area contributed by atoms with Gasteiger partial charge in [0.2, 0.25) is 11.9 Å². The lowest BCUT2D eigenvalue weighted by molar-refractivity contribution is -0.117. The van der Waals surface area contributed by atoms with E-state index in [-0.39, 0.29) is 11.8 Å². The normalized spacial score (nSPS) is 16.2. The predicted octanol–water partition coefficient (Wildman–Crippen LogP) is 5.14. The summed E-state index contributed by atoms with van der Waals surface area (Å²) < 4.78 is 0. The third-order valence-electron chi connectivity index (χ3n) is 6.99. The van der Waals surface area contributed by atoms with Gasteiger partial charge in [-0.05, 0) is 55.8 Å². The van der Waals surface area contributed by atoms with Gasteiger partial charge in [-0.3, -0.25) is 4.79 Å². The molecule has 182 valence electrons. The van der Waals surface area contributed by atoms with Crippen LogP contribution in [0.15, 0.2) is 72.9 Å². The van der Waals surface area contributed by atoms with Gasteiger partial charge in [0.05, 0.1) is 5.52 Å². The predicted molar refractivity (Wildman–Crippen MR) is 146 cm³/mol. The van der Waals surface area contributed by atoms with Crippen LogP contribution < -0.4 is 15.5 Å². The molecule has 0 radical (unpaired) electrons. The Balaban J connectivity index is 1.24. The molecule has 0 bridgehead atoms. The first kappa shape index (κ1) is 22.5. The second-order valence-electron chi connectivity index (χ2n) is 9.74. The first-order chi connectivity index (χ1) is 17.6. The number of para-hydroxylation sites is 1. The van der Waals surface area contributed by atoms with E-state index in [2.05, 4.69) is 56.7 Å². The average molecular weight is 479 g/mol. The number of aromatic nitrogens is 2. The molecule has 2 heterocycles. The number of hydrogen-bond donors (Lipinski definition) is 2. The Labute approximate surface area is 211 Å². The molecule has 1 aliphatic heterocycles. The molecule has 2 N–H and O–H groups in total. The Hall–Kier alpha value is -3.97. The lowest BCUT2D eigenvalue weighted by Gasteiger charge is -2.34. The molecule has 1 saturated carbocycles. The van der Waals surface area contributed by atoms with Gasteiger partial charge < -0.3 is 20.4 Å². The van der Waals surface area contributed by atoms with Crippen LogP contribution in [0.25, 0.3) is 22.0 Å². The van der Waals surface area contributed by atoms with Crippen LogP contribution in [0, 0.1) is 5.92 Å². The van der Waals surface area contributed by atoms with Crippen molar-refractivity contribution in [1.82, 2.24) is 14.9 Å². The summed E-state index contributed by atoms with van der Waals surface area (Å²) in [6.07, 6.45) is 3.86. The van der Waals surface area contributed by atoms with Crippen molar-refractivity contribution in [2.45, 2.75) is 12.8 Å². The molecular formula is C29H30N6O. The number of carbonyl (C=O) groups excluding carboxylic acids is 1. The quantitative estimate of drug-likeness (QED) is 0.400. The first-order valence-corrected chi connectivity index (χ1v) is 12.6.